The number of hydroxylamine groups is 2. The van der Waals surface area contributed by atoms with Crippen LogP contribution in [0.2, 0.25) is 0 Å². The molecule has 8 aliphatic carbocycles. The van der Waals surface area contributed by atoms with Gasteiger partial charge in [-0.1, -0.05) is 21.3 Å². The molecule has 63 heavy (non-hydrogen) atoms. The number of carbonyl (C=O) groups excluding carboxylic acids is 2. The van der Waals surface area contributed by atoms with Crippen LogP contribution >= 0.6 is 0 Å². The van der Waals surface area contributed by atoms with Gasteiger partial charge in [0.15, 0.2) is 0 Å². The molecule has 0 aliphatic heterocycles. The van der Waals surface area contributed by atoms with Gasteiger partial charge in [0.1, 0.15) is 5.78 Å². The van der Waals surface area contributed by atoms with E-state index in [-0.39, 0.29) is 36.0 Å². The Hall–Kier alpha value is -2.82. The Morgan fingerprint density at radius 2 is 1.13 bits per heavy atom. The van der Waals surface area contributed by atoms with Crippen LogP contribution in [0.3, 0.4) is 0 Å². The summed E-state index contributed by atoms with van der Waals surface area (Å²) in [6, 6.07) is 0. The Bertz CT molecular complexity index is 1840. The summed E-state index contributed by atoms with van der Waals surface area (Å²) < 4.78 is 0. The maximum Gasteiger partial charge on any atom is 0.249 e. The standard InChI is InChI=1S/C25H36N2O2.C22H37NO3.C5H6N2.CH4/c1-24(29)9-7-18-16(14-24)3-4-20-19(18)8-10-25(2)21(20)5-6-22(25)23(28)13-17-15-26-11-12-27-17;1-21(25)11-9-15-14(13-21)5-6-17-16(15)10-12-22(2)18(17)7-8-19(22)20(24)23(3)26-4;1-5-4-6-2-3-7-5;/h11-12,15-16,18-22,29H,3-10,13-14H2,1-2H3;14-19,25H,5-13H2,1-4H3;2-4H,1H3;1H4/t16-,18+,19-,20-,21+,22-,24-,25+;14-,15+,16-,17-,18+,19-,21-,22+;;/m11../s1. The van der Waals surface area contributed by atoms with Crippen molar-refractivity contribution in [3.63, 3.8) is 0 Å². The second-order valence-electron chi connectivity index (χ2n) is 22.9. The summed E-state index contributed by atoms with van der Waals surface area (Å²) in [5, 5.41) is 22.5. The molecule has 10 heteroatoms. The van der Waals surface area contributed by atoms with Crippen LogP contribution in [0.1, 0.15) is 162 Å². The molecule has 8 fully saturated rings. The van der Waals surface area contributed by atoms with E-state index in [1.54, 1.807) is 51.3 Å². The van der Waals surface area contributed by atoms with Crippen LogP contribution in [-0.2, 0) is 20.8 Å². The summed E-state index contributed by atoms with van der Waals surface area (Å²) in [6.07, 6.45) is 31.6. The van der Waals surface area contributed by atoms with E-state index in [0.717, 1.165) is 97.3 Å². The van der Waals surface area contributed by atoms with Crippen molar-refractivity contribution in [1.82, 2.24) is 25.0 Å². The molecule has 350 valence electrons. The lowest BCUT2D eigenvalue weighted by Gasteiger charge is -2.56. The normalized spacial score (nSPS) is 43.2. The number of ketones is 1. The van der Waals surface area contributed by atoms with E-state index in [1.807, 2.05) is 20.8 Å². The highest BCUT2D eigenvalue weighted by atomic mass is 16.7. The van der Waals surface area contributed by atoms with Crippen molar-refractivity contribution in [3.05, 3.63) is 48.6 Å². The summed E-state index contributed by atoms with van der Waals surface area (Å²) in [5.74, 6) is 8.62. The minimum Gasteiger partial charge on any atom is -0.390 e. The first-order valence-electron chi connectivity index (χ1n) is 24.8. The highest BCUT2D eigenvalue weighted by molar-refractivity contribution is 5.84. The van der Waals surface area contributed by atoms with Crippen LogP contribution in [0, 0.1) is 88.8 Å². The van der Waals surface area contributed by atoms with Crippen molar-refractivity contribution in [2.24, 2.45) is 81.8 Å². The lowest BCUT2D eigenvalue weighted by Crippen LogP contribution is -2.51. The maximum atomic E-state index is 13.2. The molecule has 10 nitrogen and oxygen atoms in total. The molecule has 0 aromatic carbocycles. The van der Waals surface area contributed by atoms with E-state index in [2.05, 4.69) is 33.8 Å². The number of amides is 1. The van der Waals surface area contributed by atoms with E-state index in [0.29, 0.717) is 24.0 Å². The highest BCUT2D eigenvalue weighted by Crippen LogP contribution is 2.66. The first kappa shape index (κ1) is 48.1. The van der Waals surface area contributed by atoms with Crippen molar-refractivity contribution in [2.45, 2.75) is 175 Å². The zero-order valence-corrected chi connectivity index (χ0v) is 39.2. The molecule has 0 unspecified atom stereocenters. The molecule has 0 radical (unpaired) electrons. The topological polar surface area (TPSA) is 139 Å². The van der Waals surface area contributed by atoms with Crippen molar-refractivity contribution < 1.29 is 24.6 Å². The Morgan fingerprint density at radius 1 is 0.635 bits per heavy atom. The molecule has 0 bridgehead atoms. The quantitative estimate of drug-likeness (QED) is 0.281. The molecule has 0 saturated heterocycles. The van der Waals surface area contributed by atoms with Crippen LogP contribution in [-0.4, -0.2) is 72.3 Å². The lowest BCUT2D eigenvalue weighted by atomic mass is 9.49. The number of fused-ring (bicyclic) bond motifs is 10. The predicted molar refractivity (Wildman–Crippen MR) is 246 cm³/mol. The van der Waals surface area contributed by atoms with Gasteiger partial charge in [-0.2, -0.15) is 0 Å². The van der Waals surface area contributed by atoms with Crippen molar-refractivity contribution in [2.75, 3.05) is 14.2 Å². The summed E-state index contributed by atoms with van der Waals surface area (Å²) in [5.41, 5.74) is 1.22. The van der Waals surface area contributed by atoms with E-state index in [9.17, 15) is 19.8 Å². The zero-order chi connectivity index (χ0) is 44.0. The number of Topliss-reactive ketones (excluding diaryl/α,β-unsaturated/α-hetero) is 1. The number of rotatable bonds is 5. The number of aryl methyl sites for hydroxylation is 1. The fraction of sp³-hybridized carbons (Fsp3) is 0.811. The molecular formula is C53H83N5O5. The largest absolute Gasteiger partial charge is 0.390 e. The van der Waals surface area contributed by atoms with Gasteiger partial charge in [0, 0.05) is 56.1 Å². The van der Waals surface area contributed by atoms with Crippen LogP contribution in [0.25, 0.3) is 0 Å². The van der Waals surface area contributed by atoms with Crippen LogP contribution in [0.4, 0.5) is 0 Å². The maximum absolute atomic E-state index is 13.2. The van der Waals surface area contributed by atoms with E-state index in [1.165, 1.54) is 82.1 Å². The van der Waals surface area contributed by atoms with E-state index < -0.39 is 11.2 Å². The fourth-order valence-corrected chi connectivity index (χ4v) is 16.5. The first-order valence-corrected chi connectivity index (χ1v) is 24.8. The lowest BCUT2D eigenvalue weighted by molar-refractivity contribution is -0.180. The fourth-order valence-electron chi connectivity index (χ4n) is 16.5. The summed E-state index contributed by atoms with van der Waals surface area (Å²) in [7, 11) is 3.34. The number of aliphatic hydroxyl groups is 2. The van der Waals surface area contributed by atoms with Gasteiger partial charge in [-0.25, -0.2) is 5.06 Å². The Balaban J connectivity index is 0.000000162. The molecular weight excluding hydrogens is 787 g/mol. The number of carbonyl (C=O) groups is 2. The van der Waals surface area contributed by atoms with Crippen molar-refractivity contribution in [3.8, 4) is 0 Å². The Labute approximate surface area is 379 Å². The number of hydrogen-bond donors (Lipinski definition) is 2. The third-order valence-corrected chi connectivity index (χ3v) is 19.4. The molecule has 16 atom stereocenters. The molecule has 8 aliphatic rings. The molecule has 2 aromatic heterocycles. The van der Waals surface area contributed by atoms with Crippen molar-refractivity contribution in [1.29, 1.82) is 0 Å². The highest BCUT2D eigenvalue weighted by Gasteiger charge is 2.60. The molecule has 1 amide bonds. The summed E-state index contributed by atoms with van der Waals surface area (Å²) >= 11 is 0. The van der Waals surface area contributed by atoms with Crippen LogP contribution in [0.15, 0.2) is 37.2 Å². The van der Waals surface area contributed by atoms with Crippen LogP contribution in [0.5, 0.6) is 0 Å². The molecule has 2 heterocycles. The van der Waals surface area contributed by atoms with Crippen molar-refractivity contribution >= 4 is 11.7 Å². The smallest absolute Gasteiger partial charge is 0.249 e. The monoisotopic (exact) mass is 870 g/mol. The average Bonchev–Trinajstić information content (AvgIpc) is 3.80. The van der Waals surface area contributed by atoms with E-state index in [4.69, 9.17) is 4.84 Å². The van der Waals surface area contributed by atoms with Gasteiger partial charge in [0.2, 0.25) is 5.91 Å². The Kier molecular flexibility index (Phi) is 14.7. The van der Waals surface area contributed by atoms with Gasteiger partial charge in [0.05, 0.1) is 36.1 Å². The number of aromatic nitrogens is 4. The molecule has 2 aromatic rings. The summed E-state index contributed by atoms with van der Waals surface area (Å²) in [6.45, 7) is 10.8. The third kappa shape index (κ3) is 9.71. The molecule has 8 saturated carbocycles. The zero-order valence-electron chi connectivity index (χ0n) is 39.2. The second kappa shape index (κ2) is 19.2. The SMILES string of the molecule is C.CON(C)C(=O)[C@H]1CC[C@H]2[C@@H]3CC[C@@H]4C[C@](C)(O)CC[C@@H]4[C@H]3CC[C@]12C.C[C@@]1(O)CC[C@H]2[C@H](CC[C@@H]3[C@@H]2CC[C@]2(C)[C@@H](C(=O)Cc4cnccn4)CC[C@@H]32)C1.Cc1cnccn1. The van der Waals surface area contributed by atoms with Gasteiger partial charge in [-0.15, -0.1) is 0 Å². The third-order valence-electron chi connectivity index (χ3n) is 19.4. The van der Waals surface area contributed by atoms with Gasteiger partial charge in [-0.3, -0.25) is 34.4 Å². The molecule has 10 rings (SSSR count). The number of hydrogen-bond acceptors (Lipinski definition) is 9. The van der Waals surface area contributed by atoms with Crippen LogP contribution < -0.4 is 0 Å². The first-order chi connectivity index (χ1) is 29.5. The minimum absolute atomic E-state index is 0. The molecule has 0 spiro atoms. The molecule has 2 N–H and O–H groups in total. The predicted octanol–water partition coefficient (Wildman–Crippen LogP) is 10.1. The Morgan fingerprint density at radius 3 is 1.59 bits per heavy atom. The number of nitrogens with zero attached hydrogens (tertiary/aromatic N) is 5. The van der Waals surface area contributed by atoms with Gasteiger partial charge < -0.3 is 10.2 Å². The van der Waals surface area contributed by atoms with E-state index >= 15 is 0 Å². The second-order valence-corrected chi connectivity index (χ2v) is 22.9. The summed E-state index contributed by atoms with van der Waals surface area (Å²) in [4.78, 5) is 47.5. The van der Waals surface area contributed by atoms with Gasteiger partial charge in [-0.05, 0) is 206 Å². The average molecular weight is 870 g/mol. The minimum atomic E-state index is -0.442. The van der Waals surface area contributed by atoms with Gasteiger partial charge >= 0.3 is 0 Å². The van der Waals surface area contributed by atoms with Gasteiger partial charge in [0.25, 0.3) is 0 Å².